The second kappa shape index (κ2) is 7.25. The molecule has 5 heteroatoms. The van der Waals surface area contributed by atoms with Crippen LogP contribution in [0.5, 0.6) is 0 Å². The van der Waals surface area contributed by atoms with Crippen LogP contribution >= 0.6 is 0 Å². The topological polar surface area (TPSA) is 90.9 Å². The van der Waals surface area contributed by atoms with E-state index in [2.05, 4.69) is 16.7 Å². The summed E-state index contributed by atoms with van der Waals surface area (Å²) in [5.41, 5.74) is 5.91. The summed E-state index contributed by atoms with van der Waals surface area (Å²) in [4.78, 5) is 10.4. The fraction of sp³-hybridized carbons (Fsp3) is 0.333. The molecule has 17 heavy (non-hydrogen) atoms. The van der Waals surface area contributed by atoms with Gasteiger partial charge in [-0.2, -0.15) is 5.26 Å². The molecule has 0 aliphatic rings. The lowest BCUT2D eigenvalue weighted by Crippen LogP contribution is -2.36. The molecule has 0 heterocycles. The fourth-order valence-corrected chi connectivity index (χ4v) is 1.44. The summed E-state index contributed by atoms with van der Waals surface area (Å²) in [5, 5.41) is 14.6. The lowest BCUT2D eigenvalue weighted by atomic mass is 10.0. The number of hydrogen-bond donors (Lipinski definition) is 3. The van der Waals surface area contributed by atoms with E-state index in [0.717, 1.165) is 5.56 Å². The van der Waals surface area contributed by atoms with Crippen LogP contribution < -0.4 is 16.4 Å². The van der Waals surface area contributed by atoms with E-state index in [1.807, 2.05) is 30.3 Å². The average Bonchev–Trinajstić information content (AvgIpc) is 2.34. The van der Waals surface area contributed by atoms with Gasteiger partial charge in [0.05, 0.1) is 12.0 Å². The number of benzene rings is 1. The Morgan fingerprint density at radius 3 is 2.65 bits per heavy atom. The zero-order chi connectivity index (χ0) is 12.5. The van der Waals surface area contributed by atoms with Gasteiger partial charge in [-0.1, -0.05) is 30.3 Å². The van der Waals surface area contributed by atoms with Crippen LogP contribution in [0.15, 0.2) is 30.3 Å². The number of nitriles is 1. The Bertz CT molecular complexity index is 385. The molecule has 1 unspecified atom stereocenters. The normalized spacial score (nSPS) is 11.5. The highest BCUT2D eigenvalue weighted by atomic mass is 16.2. The van der Waals surface area contributed by atoms with Crippen molar-refractivity contribution in [3.05, 3.63) is 35.9 Å². The number of primary amides is 1. The highest BCUT2D eigenvalue weighted by molar-refractivity contribution is 5.71. The second-order valence-electron chi connectivity index (χ2n) is 3.59. The number of nitrogens with two attached hydrogens (primary N) is 1. The van der Waals surface area contributed by atoms with E-state index in [0.29, 0.717) is 19.6 Å². The maximum atomic E-state index is 10.4. The molecule has 0 radical (unpaired) electrons. The molecular weight excluding hydrogens is 216 g/mol. The van der Waals surface area contributed by atoms with Crippen LogP contribution in [-0.2, 0) is 0 Å². The van der Waals surface area contributed by atoms with Crippen LogP contribution in [0.1, 0.15) is 11.5 Å². The molecule has 2 amide bonds. The Kier molecular flexibility index (Phi) is 5.55. The molecule has 1 aromatic rings. The van der Waals surface area contributed by atoms with Crippen molar-refractivity contribution in [2.45, 2.75) is 5.92 Å². The Hall–Kier alpha value is -2.06. The molecule has 0 aromatic heterocycles. The smallest absolute Gasteiger partial charge is 0.312 e. The average molecular weight is 232 g/mol. The van der Waals surface area contributed by atoms with E-state index >= 15 is 0 Å². The summed E-state index contributed by atoms with van der Waals surface area (Å²) in [6.45, 7) is 1.61. The van der Waals surface area contributed by atoms with E-state index in [9.17, 15) is 4.79 Å². The maximum absolute atomic E-state index is 10.4. The third kappa shape index (κ3) is 5.00. The molecule has 5 nitrogen and oxygen atoms in total. The molecule has 0 fully saturated rings. The maximum Gasteiger partial charge on any atom is 0.312 e. The first kappa shape index (κ1) is 13.0. The number of carbonyl (C=O) groups is 1. The van der Waals surface area contributed by atoms with Crippen molar-refractivity contribution in [2.24, 2.45) is 5.73 Å². The SMILES string of the molecule is N#CC(CNCCNC(N)=O)c1ccccc1. The van der Waals surface area contributed by atoms with Crippen LogP contribution in [-0.4, -0.2) is 25.7 Å². The minimum absolute atomic E-state index is 0.176. The lowest BCUT2D eigenvalue weighted by Gasteiger charge is -2.10. The number of amides is 2. The van der Waals surface area contributed by atoms with Crippen molar-refractivity contribution in [3.8, 4) is 6.07 Å². The van der Waals surface area contributed by atoms with Gasteiger partial charge in [-0.3, -0.25) is 0 Å². The van der Waals surface area contributed by atoms with Gasteiger partial charge in [0.2, 0.25) is 0 Å². The molecule has 0 saturated carbocycles. The van der Waals surface area contributed by atoms with Crippen LogP contribution in [0, 0.1) is 11.3 Å². The van der Waals surface area contributed by atoms with Crippen LogP contribution in [0.25, 0.3) is 0 Å². The van der Waals surface area contributed by atoms with Gasteiger partial charge in [0.15, 0.2) is 0 Å². The van der Waals surface area contributed by atoms with Gasteiger partial charge in [-0.05, 0) is 5.56 Å². The largest absolute Gasteiger partial charge is 0.352 e. The second-order valence-corrected chi connectivity index (χ2v) is 3.59. The lowest BCUT2D eigenvalue weighted by molar-refractivity contribution is 0.249. The number of urea groups is 1. The number of hydrogen-bond acceptors (Lipinski definition) is 3. The number of nitrogens with zero attached hydrogens (tertiary/aromatic N) is 1. The van der Waals surface area contributed by atoms with E-state index in [1.165, 1.54) is 0 Å². The summed E-state index contributed by atoms with van der Waals surface area (Å²) in [6, 6.07) is 11.3. The Labute approximate surface area is 101 Å². The summed E-state index contributed by atoms with van der Waals surface area (Å²) in [5.74, 6) is -0.176. The quantitative estimate of drug-likeness (QED) is 0.625. The zero-order valence-corrected chi connectivity index (χ0v) is 9.52. The fourth-order valence-electron chi connectivity index (χ4n) is 1.44. The molecule has 1 aromatic carbocycles. The number of nitrogens with one attached hydrogen (secondary N) is 2. The monoisotopic (exact) mass is 232 g/mol. The summed E-state index contributed by atoms with van der Waals surface area (Å²) in [7, 11) is 0. The first-order chi connectivity index (χ1) is 8.24. The van der Waals surface area contributed by atoms with Crippen LogP contribution in [0.4, 0.5) is 4.79 Å². The first-order valence-electron chi connectivity index (χ1n) is 5.42. The third-order valence-electron chi connectivity index (χ3n) is 2.31. The van der Waals surface area contributed by atoms with E-state index in [4.69, 9.17) is 11.0 Å². The molecule has 1 rings (SSSR count). The van der Waals surface area contributed by atoms with Crippen LogP contribution in [0.2, 0.25) is 0 Å². The molecule has 4 N–H and O–H groups in total. The van der Waals surface area contributed by atoms with E-state index < -0.39 is 6.03 Å². The molecule has 0 bridgehead atoms. The van der Waals surface area contributed by atoms with Crippen molar-refractivity contribution in [1.29, 1.82) is 5.26 Å². The van der Waals surface area contributed by atoms with Gasteiger partial charge in [0.1, 0.15) is 0 Å². The van der Waals surface area contributed by atoms with Crippen molar-refractivity contribution < 1.29 is 4.79 Å². The molecule has 90 valence electrons. The third-order valence-corrected chi connectivity index (χ3v) is 2.31. The van der Waals surface area contributed by atoms with Crippen molar-refractivity contribution in [2.75, 3.05) is 19.6 Å². The molecule has 0 aliphatic heterocycles. The standard InChI is InChI=1S/C12H16N4O/c13-8-11(10-4-2-1-3-5-10)9-15-6-7-16-12(14)17/h1-5,11,15H,6-7,9H2,(H3,14,16,17). The first-order valence-corrected chi connectivity index (χ1v) is 5.42. The van der Waals surface area contributed by atoms with Crippen LogP contribution in [0.3, 0.4) is 0 Å². The Balaban J connectivity index is 2.30. The Morgan fingerprint density at radius 2 is 2.06 bits per heavy atom. The van der Waals surface area contributed by atoms with Gasteiger partial charge in [0, 0.05) is 19.6 Å². The van der Waals surface area contributed by atoms with Crippen molar-refractivity contribution in [3.63, 3.8) is 0 Å². The van der Waals surface area contributed by atoms with Gasteiger partial charge < -0.3 is 16.4 Å². The van der Waals surface area contributed by atoms with Gasteiger partial charge in [0.25, 0.3) is 0 Å². The van der Waals surface area contributed by atoms with Gasteiger partial charge in [-0.25, -0.2) is 4.79 Å². The summed E-state index contributed by atoms with van der Waals surface area (Å²) in [6.07, 6.45) is 0. The zero-order valence-electron chi connectivity index (χ0n) is 9.52. The predicted octanol–water partition coefficient (Wildman–Crippen LogP) is 0.552. The Morgan fingerprint density at radius 1 is 1.35 bits per heavy atom. The molecule has 0 aliphatic carbocycles. The van der Waals surface area contributed by atoms with E-state index in [-0.39, 0.29) is 5.92 Å². The highest BCUT2D eigenvalue weighted by Gasteiger charge is 2.08. The summed E-state index contributed by atoms with van der Waals surface area (Å²) >= 11 is 0. The van der Waals surface area contributed by atoms with Gasteiger partial charge in [-0.15, -0.1) is 0 Å². The highest BCUT2D eigenvalue weighted by Crippen LogP contribution is 2.12. The van der Waals surface area contributed by atoms with Crippen molar-refractivity contribution >= 4 is 6.03 Å². The number of rotatable bonds is 6. The van der Waals surface area contributed by atoms with E-state index in [1.54, 1.807) is 0 Å². The minimum atomic E-state index is -0.535. The summed E-state index contributed by atoms with van der Waals surface area (Å²) < 4.78 is 0. The minimum Gasteiger partial charge on any atom is -0.352 e. The predicted molar refractivity (Wildman–Crippen MR) is 65.3 cm³/mol. The number of carbonyl (C=O) groups excluding carboxylic acids is 1. The molecule has 0 saturated heterocycles. The van der Waals surface area contributed by atoms with Crippen molar-refractivity contribution in [1.82, 2.24) is 10.6 Å². The molecule has 0 spiro atoms. The molecule has 1 atom stereocenters. The molecular formula is C12H16N4O. The van der Waals surface area contributed by atoms with Gasteiger partial charge >= 0.3 is 6.03 Å².